The Morgan fingerprint density at radius 3 is 2.92 bits per heavy atom. The summed E-state index contributed by atoms with van der Waals surface area (Å²) in [6, 6.07) is 4.80. The number of pyridine rings is 1. The highest BCUT2D eigenvalue weighted by Gasteiger charge is 2.53. The smallest absolute Gasteiger partial charge is 0.286 e. The molecule has 1 saturated heterocycles. The molecule has 3 N–H and O–H groups in total. The Balaban J connectivity index is 1.38. The third-order valence-corrected chi connectivity index (χ3v) is 7.92. The number of carboxylic acids is 1. The first-order valence-electron chi connectivity index (χ1n) is 10.8. The average molecular weight is 528 g/mol. The van der Waals surface area contributed by atoms with Gasteiger partial charge in [-0.25, -0.2) is 14.0 Å². The number of nitrogens with two attached hydrogens (primary N) is 1. The Kier molecular flexibility index (Phi) is 6.14. The number of fused-ring (bicyclic) bond motifs is 2. The van der Waals surface area contributed by atoms with Crippen LogP contribution in [0.4, 0.5) is 5.13 Å². The molecule has 14 heteroatoms. The van der Waals surface area contributed by atoms with Crippen LogP contribution in [0.1, 0.15) is 11.4 Å². The van der Waals surface area contributed by atoms with Crippen LogP contribution in [0.3, 0.4) is 0 Å². The fraction of sp³-hybridized carbons (Fsp3) is 0.273. The summed E-state index contributed by atoms with van der Waals surface area (Å²) in [7, 11) is 1.28. The quantitative estimate of drug-likeness (QED) is 0.172. The van der Waals surface area contributed by atoms with E-state index in [0.29, 0.717) is 11.3 Å². The lowest BCUT2D eigenvalue weighted by Gasteiger charge is -2.50. The normalized spacial score (nSPS) is 19.8. The zero-order chi connectivity index (χ0) is 25.6. The lowest BCUT2D eigenvalue weighted by atomic mass is 10.0. The van der Waals surface area contributed by atoms with Crippen molar-refractivity contribution in [3.8, 4) is 0 Å². The van der Waals surface area contributed by atoms with Crippen molar-refractivity contribution in [1.29, 1.82) is 0 Å². The molecule has 0 unspecified atom stereocenters. The number of carbonyl (C=O) groups excluding carboxylic acids is 3. The van der Waals surface area contributed by atoms with E-state index < -0.39 is 29.2 Å². The molecule has 186 valence electrons. The third-order valence-electron chi connectivity index (χ3n) is 5.91. The van der Waals surface area contributed by atoms with Crippen LogP contribution < -0.4 is 20.7 Å². The number of rotatable bonds is 7. The minimum Gasteiger partial charge on any atom is -0.543 e. The maximum Gasteiger partial charge on any atom is 0.286 e. The van der Waals surface area contributed by atoms with E-state index in [1.807, 2.05) is 46.5 Å². The van der Waals surface area contributed by atoms with Crippen LogP contribution in [0.15, 0.2) is 52.4 Å². The Bertz CT molecular complexity index is 1460. The number of aliphatic carboxylic acids is 1. The monoisotopic (exact) mass is 527 g/mol. The standard InChI is InChI=1S/C22H21N7O5S2/c1-11-7-27(14-5-3-4-6-28(11)14)8-12-9-35-20-16(19(31)29(20)17(12)21(32)33)25-18(30)15(26-34-2)13-10-36-22(23)24-13/h3-7,10,16,20H,8-9H2,1-2H3,(H3-,23,24,25,30,32,33)/b26-15-/t16-,20-/m1/s1. The van der Waals surface area contributed by atoms with E-state index in [1.54, 1.807) is 5.38 Å². The Labute approximate surface area is 213 Å². The molecule has 12 nitrogen and oxygen atoms in total. The number of hydrogen-bond acceptors (Lipinski definition) is 10. The number of thiazole rings is 1. The van der Waals surface area contributed by atoms with Gasteiger partial charge < -0.3 is 25.8 Å². The summed E-state index contributed by atoms with van der Waals surface area (Å²) in [5.41, 5.74) is 7.99. The maximum atomic E-state index is 13.0. The number of aromatic nitrogens is 3. The molecule has 0 saturated carbocycles. The first-order valence-corrected chi connectivity index (χ1v) is 12.7. The Morgan fingerprint density at radius 2 is 2.22 bits per heavy atom. The van der Waals surface area contributed by atoms with Gasteiger partial charge >= 0.3 is 0 Å². The molecule has 2 amide bonds. The molecule has 36 heavy (non-hydrogen) atoms. The first-order chi connectivity index (χ1) is 17.3. The molecular formula is C22H21N7O5S2. The zero-order valence-electron chi connectivity index (χ0n) is 19.2. The lowest BCUT2D eigenvalue weighted by molar-refractivity contribution is -0.662. The van der Waals surface area contributed by atoms with Gasteiger partial charge in [0.15, 0.2) is 10.8 Å². The molecule has 3 aromatic heterocycles. The molecule has 5 heterocycles. The Morgan fingerprint density at radius 1 is 1.42 bits per heavy atom. The molecule has 3 aromatic rings. The van der Waals surface area contributed by atoms with Gasteiger partial charge in [0, 0.05) is 29.7 Å². The molecule has 0 aliphatic carbocycles. The Hall–Kier alpha value is -3.91. The van der Waals surface area contributed by atoms with E-state index in [2.05, 4.69) is 15.5 Å². The van der Waals surface area contributed by atoms with E-state index in [9.17, 15) is 19.5 Å². The van der Waals surface area contributed by atoms with Crippen LogP contribution in [-0.4, -0.2) is 62.1 Å². The largest absolute Gasteiger partial charge is 0.543 e. The number of β-lactam (4-membered cyclic amide) rings is 1. The number of anilines is 1. The number of nitrogen functional groups attached to an aromatic ring is 1. The van der Waals surface area contributed by atoms with Crippen LogP contribution in [0, 0.1) is 6.92 Å². The van der Waals surface area contributed by atoms with Crippen LogP contribution in [-0.2, 0) is 25.8 Å². The topological polar surface area (TPSA) is 158 Å². The van der Waals surface area contributed by atoms with Crippen molar-refractivity contribution in [3.63, 3.8) is 0 Å². The zero-order valence-corrected chi connectivity index (χ0v) is 20.8. The highest BCUT2D eigenvalue weighted by molar-refractivity contribution is 8.00. The minimum atomic E-state index is -1.44. The van der Waals surface area contributed by atoms with E-state index in [4.69, 9.17) is 10.6 Å². The summed E-state index contributed by atoms with van der Waals surface area (Å²) in [6.07, 6.45) is 3.85. The summed E-state index contributed by atoms with van der Waals surface area (Å²) in [5, 5.41) is 19.7. The molecule has 0 spiro atoms. The first kappa shape index (κ1) is 23.8. The number of nitrogens with one attached hydrogen (secondary N) is 1. The summed E-state index contributed by atoms with van der Waals surface area (Å²) < 4.78 is 3.93. The van der Waals surface area contributed by atoms with Gasteiger partial charge in [-0.1, -0.05) is 11.2 Å². The van der Waals surface area contributed by atoms with Crippen LogP contribution >= 0.6 is 23.1 Å². The van der Waals surface area contributed by atoms with E-state index in [-0.39, 0.29) is 28.8 Å². The van der Waals surface area contributed by atoms with Crippen LogP contribution in [0.2, 0.25) is 0 Å². The van der Waals surface area contributed by atoms with Crippen LogP contribution in [0.5, 0.6) is 0 Å². The number of aryl methyl sites for hydroxylation is 1. The fourth-order valence-corrected chi connectivity index (χ4v) is 6.23. The summed E-state index contributed by atoms with van der Waals surface area (Å²) in [6.45, 7) is 2.23. The van der Waals surface area contributed by atoms with Gasteiger partial charge in [-0.15, -0.1) is 23.1 Å². The fourth-order valence-electron chi connectivity index (χ4n) is 4.35. The van der Waals surface area contributed by atoms with Crippen molar-refractivity contribution in [1.82, 2.24) is 19.6 Å². The maximum absolute atomic E-state index is 13.0. The number of imidazole rings is 1. The molecule has 1 fully saturated rings. The molecular weight excluding hydrogens is 506 g/mol. The van der Waals surface area contributed by atoms with Crippen molar-refractivity contribution in [2.75, 3.05) is 18.6 Å². The summed E-state index contributed by atoms with van der Waals surface area (Å²) >= 11 is 2.50. The van der Waals surface area contributed by atoms with Crippen LogP contribution in [0.25, 0.3) is 5.65 Å². The summed E-state index contributed by atoms with van der Waals surface area (Å²) in [4.78, 5) is 48.0. The molecule has 0 aromatic carbocycles. The van der Waals surface area contributed by atoms with E-state index >= 15 is 0 Å². The van der Waals surface area contributed by atoms with Gasteiger partial charge in [0.25, 0.3) is 17.5 Å². The second kappa shape index (κ2) is 9.28. The van der Waals surface area contributed by atoms with Gasteiger partial charge in [0.2, 0.25) is 0 Å². The molecule has 2 aliphatic heterocycles. The van der Waals surface area contributed by atoms with Gasteiger partial charge in [0.05, 0.1) is 17.9 Å². The highest BCUT2D eigenvalue weighted by Crippen LogP contribution is 2.40. The second-order valence-corrected chi connectivity index (χ2v) is 10.1. The number of carboxylic acid groups (broad SMARTS) is 1. The minimum absolute atomic E-state index is 0.138. The van der Waals surface area contributed by atoms with Crippen molar-refractivity contribution >= 4 is 57.4 Å². The van der Waals surface area contributed by atoms with Crippen molar-refractivity contribution in [3.05, 3.63) is 58.6 Å². The number of thioether (sulfide) groups is 1. The van der Waals surface area contributed by atoms with Crippen molar-refractivity contribution < 1.29 is 28.9 Å². The third kappa shape index (κ3) is 3.97. The molecule has 2 aliphatic rings. The number of nitrogens with zero attached hydrogens (tertiary/aromatic N) is 5. The SMILES string of the molecule is CO/N=C(\C(=O)N[C@@H]1C(=O)N2C(C(=O)[O-])=C(C[n+]3cc(C)n4ccccc43)CS[C@H]12)c1csc(N)n1. The molecule has 2 atom stereocenters. The molecule has 5 rings (SSSR count). The number of oxime groups is 1. The average Bonchev–Trinajstić information content (AvgIpc) is 3.43. The van der Waals surface area contributed by atoms with Crippen molar-refractivity contribution in [2.45, 2.75) is 24.9 Å². The van der Waals surface area contributed by atoms with Gasteiger partial charge in [-0.3, -0.25) is 14.5 Å². The van der Waals surface area contributed by atoms with E-state index in [0.717, 1.165) is 22.7 Å². The van der Waals surface area contributed by atoms with Gasteiger partial charge in [0.1, 0.15) is 42.7 Å². The predicted molar refractivity (Wildman–Crippen MR) is 129 cm³/mol. The summed E-state index contributed by atoms with van der Waals surface area (Å²) in [5.74, 6) is -2.32. The number of hydrogen-bond donors (Lipinski definition) is 2. The second-order valence-electron chi connectivity index (χ2n) is 8.12. The van der Waals surface area contributed by atoms with Crippen molar-refractivity contribution in [2.24, 2.45) is 5.16 Å². The molecule has 0 bridgehead atoms. The van der Waals surface area contributed by atoms with Gasteiger partial charge in [-0.05, 0) is 6.07 Å². The van der Waals surface area contributed by atoms with Gasteiger partial charge in [-0.2, -0.15) is 0 Å². The lowest BCUT2D eigenvalue weighted by Crippen LogP contribution is -2.71. The predicted octanol–water partition coefficient (Wildman–Crippen LogP) is -0.971. The number of carbonyl (C=O) groups is 3. The number of amides is 2. The highest BCUT2D eigenvalue weighted by atomic mass is 32.2. The van der Waals surface area contributed by atoms with E-state index in [1.165, 1.54) is 23.8 Å². The molecule has 0 radical (unpaired) electrons.